The number of nitrogens with zero attached hydrogens (tertiary/aromatic N) is 3. The molecule has 2 saturated heterocycles. The smallest absolute Gasteiger partial charge is 0.262 e. The molecule has 1 spiro atoms. The zero-order valence-corrected chi connectivity index (χ0v) is 33.9. The number of nitrogens with one attached hydrogen (secondary N) is 1. The minimum absolute atomic E-state index is 0.0407. The number of hydrogen-bond acceptors (Lipinski definition) is 7. The Hall–Kier alpha value is -2.56. The van der Waals surface area contributed by atoms with Crippen LogP contribution in [-0.2, 0) is 26.3 Å². The fourth-order valence-electron chi connectivity index (χ4n) is 10.8. The molecule has 2 aliphatic carbocycles. The van der Waals surface area contributed by atoms with E-state index in [-0.39, 0.29) is 22.5 Å². The summed E-state index contributed by atoms with van der Waals surface area (Å²) in [6.45, 7) is 14.0. The van der Waals surface area contributed by atoms with Crippen LogP contribution >= 0.6 is 11.6 Å². The normalized spacial score (nSPS) is 38.1. The largest absolute Gasteiger partial charge is 0.490 e. The number of allylic oxidation sites excluding steroid dienone is 1. The minimum Gasteiger partial charge on any atom is -0.490 e. The number of halogens is 1. The van der Waals surface area contributed by atoms with E-state index in [1.54, 1.807) is 6.07 Å². The number of piperazine rings is 1. The first-order valence-corrected chi connectivity index (χ1v) is 22.2. The SMILES string of the molecule is C=S1(=O)NC(=O)c2ccc3c(c2)N(C[C@@H]2CC[C@H]2[C@](CN2C[C@H]4C[C@@H]2CN4C(C)C)(OC)/C=C/C[C@H](C)[C@H]1C)C[C@@]1(CCCc2cc(Cl)ccc21)CO3. The number of fused-ring (bicyclic) bond motifs is 6. The van der Waals surface area contributed by atoms with Crippen LogP contribution in [0, 0.1) is 17.8 Å². The quantitative estimate of drug-likeness (QED) is 0.274. The number of rotatable bonds is 4. The molecule has 4 aliphatic heterocycles. The van der Waals surface area contributed by atoms with Crippen molar-refractivity contribution in [2.75, 3.05) is 51.3 Å². The van der Waals surface area contributed by atoms with E-state index >= 15 is 0 Å². The molecule has 6 aliphatic rings. The molecule has 53 heavy (non-hydrogen) atoms. The molecular weight excluding hydrogens is 704 g/mol. The Balaban J connectivity index is 1.19. The number of benzene rings is 2. The number of methoxy groups -OCH3 is 1. The first kappa shape index (κ1) is 37.4. The zero-order chi connectivity index (χ0) is 37.3. The molecule has 1 amide bonds. The fraction of sp³-hybridized carbons (Fsp3) is 0.628. The van der Waals surface area contributed by atoms with E-state index in [0.717, 1.165) is 87.7 Å². The lowest BCUT2D eigenvalue weighted by molar-refractivity contribution is -0.0972. The molecule has 1 N–H and O–H groups in total. The standard InChI is InChI=1S/C43H59ClN4O4S/c1-28(2)48-24-35-21-36(48)23-46(35)26-43(51-5)18-7-9-29(3)30(4)53(6,50)45-41(49)32-12-16-40-39(20-32)47(22-33-11-14-38(33)43)25-42(27-52-40)17-8-10-31-19-34(44)13-15-37(31)42/h7,12-13,15-16,18-20,28-30,33,35-36,38H,6,8-11,14,17,21-27H2,1-5H3,(H,45,49,50)/b18-7+/t29-,30+,33-,35+,36+,38+,42-,43-,53?/m0/s1. The number of hydrogen-bond donors (Lipinski definition) is 1. The van der Waals surface area contributed by atoms with E-state index in [4.69, 9.17) is 21.1 Å². The number of carbonyl (C=O) groups excluding carboxylic acids is 1. The highest BCUT2D eigenvalue weighted by atomic mass is 35.5. The molecule has 10 heteroatoms. The molecule has 1 saturated carbocycles. The van der Waals surface area contributed by atoms with Gasteiger partial charge in [-0.05, 0) is 131 Å². The van der Waals surface area contributed by atoms with Gasteiger partial charge in [-0.3, -0.25) is 19.3 Å². The molecule has 288 valence electrons. The number of likely N-dealkylation sites (tertiary alicyclic amines) is 2. The van der Waals surface area contributed by atoms with Gasteiger partial charge in [-0.15, -0.1) is 0 Å². The second-order valence-corrected chi connectivity index (χ2v) is 20.5. The minimum atomic E-state index is -2.95. The van der Waals surface area contributed by atoms with Gasteiger partial charge in [0, 0.05) is 79.2 Å². The number of amides is 1. The van der Waals surface area contributed by atoms with Crippen molar-refractivity contribution in [2.45, 2.75) is 107 Å². The van der Waals surface area contributed by atoms with E-state index in [1.807, 2.05) is 32.2 Å². The monoisotopic (exact) mass is 762 g/mol. The summed E-state index contributed by atoms with van der Waals surface area (Å²) >= 11 is 6.53. The van der Waals surface area contributed by atoms with Gasteiger partial charge in [0.25, 0.3) is 5.91 Å². The molecule has 3 fully saturated rings. The van der Waals surface area contributed by atoms with Gasteiger partial charge in [0.2, 0.25) is 0 Å². The van der Waals surface area contributed by atoms with E-state index in [9.17, 15) is 9.00 Å². The molecule has 2 aromatic carbocycles. The molecule has 9 atom stereocenters. The lowest BCUT2D eigenvalue weighted by atomic mass is 9.63. The number of carbonyl (C=O) groups is 1. The summed E-state index contributed by atoms with van der Waals surface area (Å²) in [5, 5.41) is 0.448. The maximum Gasteiger partial charge on any atom is 0.262 e. The summed E-state index contributed by atoms with van der Waals surface area (Å²) in [7, 11) is -1.04. The predicted molar refractivity (Wildman–Crippen MR) is 217 cm³/mol. The van der Waals surface area contributed by atoms with Crippen LogP contribution in [0.25, 0.3) is 0 Å². The predicted octanol–water partition coefficient (Wildman–Crippen LogP) is 6.74. The van der Waals surface area contributed by atoms with Crippen LogP contribution in [0.2, 0.25) is 5.02 Å². The van der Waals surface area contributed by atoms with Gasteiger partial charge in [-0.2, -0.15) is 0 Å². The molecule has 0 radical (unpaired) electrons. The van der Waals surface area contributed by atoms with E-state index in [0.29, 0.717) is 42.1 Å². The van der Waals surface area contributed by atoms with Gasteiger partial charge in [0.15, 0.2) is 0 Å². The molecular formula is C43H59ClN4O4S. The third-order valence-corrected chi connectivity index (χ3v) is 16.7. The van der Waals surface area contributed by atoms with Crippen LogP contribution in [0.5, 0.6) is 5.75 Å². The lowest BCUT2D eigenvalue weighted by Crippen LogP contribution is -2.59. The van der Waals surface area contributed by atoms with Crippen molar-refractivity contribution in [1.82, 2.24) is 14.5 Å². The second-order valence-electron chi connectivity index (χ2n) is 17.6. The first-order valence-electron chi connectivity index (χ1n) is 20.0. The summed E-state index contributed by atoms with van der Waals surface area (Å²) in [5.41, 5.74) is 3.36. The van der Waals surface area contributed by atoms with Gasteiger partial charge in [0.05, 0.1) is 22.0 Å². The van der Waals surface area contributed by atoms with Crippen molar-refractivity contribution < 1.29 is 18.5 Å². The van der Waals surface area contributed by atoms with Gasteiger partial charge in [-0.25, -0.2) is 4.21 Å². The van der Waals surface area contributed by atoms with Crippen LogP contribution in [-0.4, -0.2) is 101 Å². The maximum atomic E-state index is 14.1. The Labute approximate surface area is 322 Å². The summed E-state index contributed by atoms with van der Waals surface area (Å²) in [6, 6.07) is 13.8. The number of anilines is 1. The van der Waals surface area contributed by atoms with Crippen LogP contribution in [0.4, 0.5) is 5.69 Å². The van der Waals surface area contributed by atoms with E-state index in [2.05, 4.69) is 70.3 Å². The third-order valence-electron chi connectivity index (χ3n) is 14.3. The van der Waals surface area contributed by atoms with Gasteiger partial charge < -0.3 is 14.4 Å². The second kappa shape index (κ2) is 14.2. The first-order chi connectivity index (χ1) is 25.3. The molecule has 8 nitrogen and oxygen atoms in total. The summed E-state index contributed by atoms with van der Waals surface area (Å²) < 4.78 is 30.5. The number of aryl methyl sites for hydroxylation is 1. The van der Waals surface area contributed by atoms with E-state index < -0.39 is 15.3 Å². The molecule has 4 bridgehead atoms. The average Bonchev–Trinajstić information content (AvgIpc) is 3.67. The van der Waals surface area contributed by atoms with Crippen LogP contribution in [0.15, 0.2) is 48.6 Å². The van der Waals surface area contributed by atoms with Crippen LogP contribution in [0.3, 0.4) is 0 Å². The highest BCUT2D eigenvalue weighted by Crippen LogP contribution is 2.50. The van der Waals surface area contributed by atoms with Crippen molar-refractivity contribution in [3.8, 4) is 5.75 Å². The van der Waals surface area contributed by atoms with Gasteiger partial charge in [0.1, 0.15) is 11.4 Å². The maximum absolute atomic E-state index is 14.1. The Kier molecular flexibility index (Phi) is 10.00. The Morgan fingerprint density at radius 3 is 2.66 bits per heavy atom. The lowest BCUT2D eigenvalue weighted by Gasteiger charge is -2.52. The molecule has 4 heterocycles. The molecule has 2 aromatic rings. The van der Waals surface area contributed by atoms with Gasteiger partial charge >= 0.3 is 0 Å². The average molecular weight is 763 g/mol. The van der Waals surface area contributed by atoms with Crippen molar-refractivity contribution in [3.63, 3.8) is 0 Å². The van der Waals surface area contributed by atoms with Crippen molar-refractivity contribution >= 4 is 38.8 Å². The van der Waals surface area contributed by atoms with Gasteiger partial charge in [-0.1, -0.05) is 36.7 Å². The Morgan fingerprint density at radius 1 is 1.11 bits per heavy atom. The molecule has 1 unspecified atom stereocenters. The summed E-state index contributed by atoms with van der Waals surface area (Å²) in [6.07, 6.45) is 11.9. The van der Waals surface area contributed by atoms with Crippen LogP contribution < -0.4 is 14.4 Å². The highest BCUT2D eigenvalue weighted by Gasteiger charge is 2.53. The van der Waals surface area contributed by atoms with Crippen LogP contribution in [0.1, 0.15) is 87.7 Å². The molecule has 8 rings (SSSR count). The topological polar surface area (TPSA) is 74.4 Å². The Bertz CT molecular complexity index is 1870. The fourth-order valence-corrected chi connectivity index (χ4v) is 12.5. The number of ether oxygens (including phenoxy) is 2. The van der Waals surface area contributed by atoms with Crippen molar-refractivity contribution in [2.24, 2.45) is 17.8 Å². The van der Waals surface area contributed by atoms with E-state index in [1.165, 1.54) is 17.5 Å². The van der Waals surface area contributed by atoms with Crippen molar-refractivity contribution in [1.29, 1.82) is 0 Å². The summed E-state index contributed by atoms with van der Waals surface area (Å²) in [4.78, 5) is 21.7. The summed E-state index contributed by atoms with van der Waals surface area (Å²) in [5.74, 6) is 5.28. The Morgan fingerprint density at radius 2 is 1.94 bits per heavy atom. The molecule has 0 aromatic heterocycles. The third kappa shape index (κ3) is 6.74. The van der Waals surface area contributed by atoms with Crippen molar-refractivity contribution in [3.05, 3.63) is 70.3 Å². The highest BCUT2D eigenvalue weighted by molar-refractivity contribution is 7.99. The zero-order valence-electron chi connectivity index (χ0n) is 32.3.